The summed E-state index contributed by atoms with van der Waals surface area (Å²) < 4.78 is 5.71. The zero-order chi connectivity index (χ0) is 15.5. The molecule has 0 saturated carbocycles. The van der Waals surface area contributed by atoms with Crippen LogP contribution >= 0.6 is 15.9 Å². The van der Waals surface area contributed by atoms with Crippen LogP contribution in [0.25, 0.3) is 0 Å². The molecule has 0 spiro atoms. The van der Waals surface area contributed by atoms with E-state index < -0.39 is 0 Å². The predicted molar refractivity (Wildman–Crippen MR) is 87.0 cm³/mol. The van der Waals surface area contributed by atoms with Crippen molar-refractivity contribution in [2.45, 2.75) is 19.3 Å². The molecule has 0 radical (unpaired) electrons. The highest BCUT2D eigenvalue weighted by Gasteiger charge is 2.19. The average Bonchev–Trinajstić information content (AvgIpc) is 2.95. The van der Waals surface area contributed by atoms with Gasteiger partial charge in [0.05, 0.1) is 0 Å². The van der Waals surface area contributed by atoms with E-state index in [-0.39, 0.29) is 17.6 Å². The molecule has 3 rings (SSSR count). The van der Waals surface area contributed by atoms with Crippen molar-refractivity contribution in [1.82, 2.24) is 0 Å². The Morgan fingerprint density at radius 2 is 1.91 bits per heavy atom. The lowest BCUT2D eigenvalue weighted by atomic mass is 10.1. The minimum Gasteiger partial charge on any atom is -0.444 e. The van der Waals surface area contributed by atoms with Crippen LogP contribution < -0.4 is 10.2 Å². The molecule has 1 fully saturated rings. The summed E-state index contributed by atoms with van der Waals surface area (Å²) in [6.07, 6.45) is 2.59. The molecule has 0 unspecified atom stereocenters. The number of hydrogen-bond donors (Lipinski definition) is 1. The van der Waals surface area contributed by atoms with Gasteiger partial charge < -0.3 is 14.6 Å². The summed E-state index contributed by atoms with van der Waals surface area (Å²) in [7, 11) is 0. The summed E-state index contributed by atoms with van der Waals surface area (Å²) >= 11 is 3.16. The Labute approximate surface area is 136 Å². The largest absolute Gasteiger partial charge is 0.444 e. The number of benzene rings is 1. The predicted octanol–water partition coefficient (Wildman–Crippen LogP) is 3.81. The summed E-state index contributed by atoms with van der Waals surface area (Å²) in [6, 6.07) is 10.5. The lowest BCUT2D eigenvalue weighted by molar-refractivity contribution is -0.119. The molecule has 1 saturated heterocycles. The molecule has 2 aromatic rings. The summed E-state index contributed by atoms with van der Waals surface area (Å²) in [4.78, 5) is 25.7. The number of nitrogens with zero attached hydrogens (tertiary/aromatic N) is 1. The van der Waals surface area contributed by atoms with E-state index in [0.717, 1.165) is 25.1 Å². The van der Waals surface area contributed by atoms with Gasteiger partial charge in [-0.15, -0.1) is 0 Å². The van der Waals surface area contributed by atoms with Gasteiger partial charge in [0.25, 0.3) is 5.91 Å². The first-order valence-corrected chi connectivity index (χ1v) is 7.90. The van der Waals surface area contributed by atoms with Gasteiger partial charge in [0, 0.05) is 24.3 Å². The molecule has 1 aliphatic heterocycles. The Kier molecular flexibility index (Phi) is 4.29. The SMILES string of the molecule is O=C(Nc1ccc(N2CCCCC2=O)cc1)c1ccc(Br)o1. The van der Waals surface area contributed by atoms with E-state index in [2.05, 4.69) is 21.2 Å². The third-order valence-corrected chi connectivity index (χ3v) is 3.98. The van der Waals surface area contributed by atoms with Gasteiger partial charge in [-0.2, -0.15) is 0 Å². The van der Waals surface area contributed by atoms with Gasteiger partial charge in [0.2, 0.25) is 5.91 Å². The van der Waals surface area contributed by atoms with Gasteiger partial charge in [-0.3, -0.25) is 9.59 Å². The third kappa shape index (κ3) is 3.22. The molecule has 1 aliphatic rings. The van der Waals surface area contributed by atoms with Gasteiger partial charge in [-0.1, -0.05) is 0 Å². The Hall–Kier alpha value is -2.08. The summed E-state index contributed by atoms with van der Waals surface area (Å²) in [5.41, 5.74) is 1.52. The first-order chi connectivity index (χ1) is 10.6. The van der Waals surface area contributed by atoms with Crippen LogP contribution in [0, 0.1) is 0 Å². The fraction of sp³-hybridized carbons (Fsp3) is 0.250. The number of carbonyl (C=O) groups excluding carboxylic acids is 2. The monoisotopic (exact) mass is 362 g/mol. The van der Waals surface area contributed by atoms with E-state index in [1.807, 2.05) is 12.1 Å². The highest BCUT2D eigenvalue weighted by atomic mass is 79.9. The number of halogens is 1. The van der Waals surface area contributed by atoms with E-state index >= 15 is 0 Å². The lowest BCUT2D eigenvalue weighted by Gasteiger charge is -2.26. The van der Waals surface area contributed by atoms with Gasteiger partial charge in [-0.05, 0) is 65.2 Å². The number of piperidine rings is 1. The van der Waals surface area contributed by atoms with E-state index in [0.29, 0.717) is 16.8 Å². The molecule has 1 aromatic heterocycles. The van der Waals surface area contributed by atoms with E-state index in [1.165, 1.54) is 0 Å². The van der Waals surface area contributed by atoms with E-state index in [4.69, 9.17) is 4.42 Å². The summed E-state index contributed by atoms with van der Waals surface area (Å²) in [5.74, 6) is 0.0816. The number of furan rings is 1. The van der Waals surface area contributed by atoms with Crippen LogP contribution in [0.15, 0.2) is 45.5 Å². The Bertz CT molecular complexity index is 694. The van der Waals surface area contributed by atoms with Crippen LogP contribution in [0.4, 0.5) is 11.4 Å². The smallest absolute Gasteiger partial charge is 0.291 e. The minimum absolute atomic E-state index is 0.156. The maximum atomic E-state index is 12.0. The van der Waals surface area contributed by atoms with Crippen molar-refractivity contribution in [2.75, 3.05) is 16.8 Å². The molecule has 2 amide bonds. The fourth-order valence-electron chi connectivity index (χ4n) is 2.43. The minimum atomic E-state index is -0.313. The van der Waals surface area contributed by atoms with E-state index in [9.17, 15) is 9.59 Å². The number of nitrogens with one attached hydrogen (secondary N) is 1. The molecule has 1 aromatic carbocycles. The van der Waals surface area contributed by atoms with Crippen LogP contribution in [0.1, 0.15) is 29.8 Å². The maximum absolute atomic E-state index is 12.0. The Balaban J connectivity index is 1.69. The number of anilines is 2. The highest BCUT2D eigenvalue weighted by Crippen LogP contribution is 2.23. The van der Waals surface area contributed by atoms with Crippen molar-refractivity contribution in [3.05, 3.63) is 46.8 Å². The molecule has 0 aliphatic carbocycles. The molecule has 1 N–H and O–H groups in total. The first-order valence-electron chi connectivity index (χ1n) is 7.10. The number of carbonyl (C=O) groups is 2. The van der Waals surface area contributed by atoms with Crippen molar-refractivity contribution >= 4 is 39.1 Å². The molecular weight excluding hydrogens is 348 g/mol. The van der Waals surface area contributed by atoms with Crippen LogP contribution in [-0.4, -0.2) is 18.4 Å². The van der Waals surface area contributed by atoms with Crippen molar-refractivity contribution in [1.29, 1.82) is 0 Å². The van der Waals surface area contributed by atoms with Crippen LogP contribution in [-0.2, 0) is 4.79 Å². The Morgan fingerprint density at radius 1 is 1.14 bits per heavy atom. The number of amides is 2. The molecule has 0 bridgehead atoms. The quantitative estimate of drug-likeness (QED) is 0.902. The maximum Gasteiger partial charge on any atom is 0.291 e. The standard InChI is InChI=1S/C16H15BrN2O3/c17-14-9-8-13(22-14)16(21)18-11-4-6-12(7-5-11)19-10-2-1-3-15(19)20/h4-9H,1-3,10H2,(H,18,21). The highest BCUT2D eigenvalue weighted by molar-refractivity contribution is 9.10. The van der Waals surface area contributed by atoms with Crippen LogP contribution in [0.5, 0.6) is 0 Å². The molecular formula is C16H15BrN2O3. The van der Waals surface area contributed by atoms with Crippen molar-refractivity contribution < 1.29 is 14.0 Å². The van der Waals surface area contributed by atoms with Crippen molar-refractivity contribution in [3.63, 3.8) is 0 Å². The van der Waals surface area contributed by atoms with Crippen molar-refractivity contribution in [2.24, 2.45) is 0 Å². The van der Waals surface area contributed by atoms with Crippen LogP contribution in [0.3, 0.4) is 0 Å². The molecule has 22 heavy (non-hydrogen) atoms. The second-order valence-corrected chi connectivity index (χ2v) is 5.89. The second kappa shape index (κ2) is 6.36. The van der Waals surface area contributed by atoms with Crippen LogP contribution in [0.2, 0.25) is 0 Å². The fourth-order valence-corrected chi connectivity index (χ4v) is 2.74. The molecule has 2 heterocycles. The van der Waals surface area contributed by atoms with Crippen molar-refractivity contribution in [3.8, 4) is 0 Å². The lowest BCUT2D eigenvalue weighted by Crippen LogP contribution is -2.35. The first kappa shape index (κ1) is 14.8. The molecule has 5 nitrogen and oxygen atoms in total. The summed E-state index contributed by atoms with van der Waals surface area (Å²) in [6.45, 7) is 0.755. The molecule has 6 heteroatoms. The normalized spacial score (nSPS) is 15.0. The third-order valence-electron chi connectivity index (χ3n) is 3.56. The summed E-state index contributed by atoms with van der Waals surface area (Å²) in [5, 5.41) is 2.76. The van der Waals surface area contributed by atoms with Gasteiger partial charge in [-0.25, -0.2) is 0 Å². The Morgan fingerprint density at radius 3 is 2.55 bits per heavy atom. The topological polar surface area (TPSA) is 62.6 Å². The van der Waals surface area contributed by atoms with Gasteiger partial charge >= 0.3 is 0 Å². The second-order valence-electron chi connectivity index (χ2n) is 5.11. The van der Waals surface area contributed by atoms with Gasteiger partial charge in [0.1, 0.15) is 0 Å². The molecule has 0 atom stereocenters. The number of rotatable bonds is 3. The van der Waals surface area contributed by atoms with E-state index in [1.54, 1.807) is 29.2 Å². The number of hydrogen-bond acceptors (Lipinski definition) is 3. The average molecular weight is 363 g/mol. The zero-order valence-electron chi connectivity index (χ0n) is 11.8. The zero-order valence-corrected chi connectivity index (χ0v) is 13.4. The van der Waals surface area contributed by atoms with Gasteiger partial charge in [0.15, 0.2) is 10.4 Å². The molecule has 114 valence electrons.